The number of ether oxygens (including phenoxy) is 1. The molecule has 3 rings (SSSR count). The lowest BCUT2D eigenvalue weighted by molar-refractivity contribution is 0.134. The summed E-state index contributed by atoms with van der Waals surface area (Å²) in [6.07, 6.45) is 1.32. The lowest BCUT2D eigenvalue weighted by Crippen LogP contribution is -2.48. The molecular formula is C13H13BN2O2. The number of nitrogens with one attached hydrogen (secondary N) is 1. The van der Waals surface area contributed by atoms with Crippen molar-refractivity contribution in [3.05, 3.63) is 35.9 Å². The van der Waals surface area contributed by atoms with Crippen LogP contribution in [-0.2, 0) is 11.3 Å². The Morgan fingerprint density at radius 1 is 1.56 bits per heavy atom. The molecule has 2 atom stereocenters. The van der Waals surface area contributed by atoms with Gasteiger partial charge >= 0.3 is 6.09 Å². The quantitative estimate of drug-likeness (QED) is 0.822. The number of carbonyl (C=O) groups excluding carboxylic acids is 1. The first-order valence-corrected chi connectivity index (χ1v) is 6.12. The highest BCUT2D eigenvalue weighted by Gasteiger charge is 2.70. The summed E-state index contributed by atoms with van der Waals surface area (Å²) < 4.78 is 5.16. The van der Waals surface area contributed by atoms with Crippen LogP contribution in [0.25, 0.3) is 0 Å². The Hall–Kier alpha value is -1.96. The predicted octanol–water partition coefficient (Wildman–Crippen LogP) is 2.00. The number of nitrogens with zero attached hydrogens (tertiary/aromatic N) is 1. The third-order valence-electron chi connectivity index (χ3n) is 3.93. The van der Waals surface area contributed by atoms with Gasteiger partial charge in [0.05, 0.1) is 0 Å². The van der Waals surface area contributed by atoms with E-state index >= 15 is 0 Å². The number of hydrogen-bond donors (Lipinski definition) is 1. The van der Waals surface area contributed by atoms with Crippen LogP contribution in [0.1, 0.15) is 12.0 Å². The molecule has 1 saturated heterocycles. The second-order valence-electron chi connectivity index (χ2n) is 5.09. The normalized spacial score (nSPS) is 27.5. The van der Waals surface area contributed by atoms with Gasteiger partial charge in [-0.15, -0.1) is 0 Å². The minimum Gasteiger partial charge on any atom is -0.445 e. The summed E-state index contributed by atoms with van der Waals surface area (Å²) in [4.78, 5) is 11.6. The van der Waals surface area contributed by atoms with Crippen molar-refractivity contribution in [2.45, 2.75) is 30.7 Å². The number of amides is 1. The summed E-state index contributed by atoms with van der Waals surface area (Å²) in [6, 6.07) is 9.58. The third-order valence-corrected chi connectivity index (χ3v) is 3.93. The molecule has 1 aliphatic carbocycles. The van der Waals surface area contributed by atoms with Crippen LogP contribution in [-0.4, -0.2) is 18.3 Å². The molecule has 18 heavy (non-hydrogen) atoms. The highest BCUT2D eigenvalue weighted by atomic mass is 16.5. The molecule has 1 amide bonds. The minimum atomic E-state index is -0.377. The highest BCUT2D eigenvalue weighted by Crippen LogP contribution is 2.64. The molecule has 0 radical (unpaired) electrons. The maximum absolute atomic E-state index is 11.6. The molecule has 1 aliphatic heterocycles. The van der Waals surface area contributed by atoms with E-state index in [0.717, 1.165) is 18.3 Å². The molecule has 1 saturated carbocycles. The Kier molecular flexibility index (Phi) is 2.51. The maximum atomic E-state index is 11.6. The van der Waals surface area contributed by atoms with E-state index in [4.69, 9.17) is 10.00 Å². The molecule has 1 aromatic rings. The van der Waals surface area contributed by atoms with Gasteiger partial charge in [-0.05, 0) is 24.1 Å². The molecule has 0 aromatic heterocycles. The number of rotatable bonds is 3. The van der Waals surface area contributed by atoms with Gasteiger partial charge in [0, 0.05) is 11.5 Å². The standard InChI is InChI=1S/C13H13BN2O2/c15-9-14-8-13(6-11(13)14)16-12(17)18-7-10-4-2-1-3-5-10/h1-5,11H,6-8H2,(H,16,17). The summed E-state index contributed by atoms with van der Waals surface area (Å²) in [5.41, 5.74) is 0.856. The van der Waals surface area contributed by atoms with Crippen molar-refractivity contribution in [2.75, 3.05) is 0 Å². The van der Waals surface area contributed by atoms with Crippen molar-refractivity contribution < 1.29 is 9.53 Å². The minimum absolute atomic E-state index is 0.117. The van der Waals surface area contributed by atoms with Gasteiger partial charge in [-0.25, -0.2) is 10.1 Å². The van der Waals surface area contributed by atoms with E-state index in [1.165, 1.54) is 0 Å². The first kappa shape index (κ1) is 11.2. The fourth-order valence-electron chi connectivity index (χ4n) is 2.76. The largest absolute Gasteiger partial charge is 0.445 e. The Bertz CT molecular complexity index is 513. The van der Waals surface area contributed by atoms with Crippen molar-refractivity contribution >= 4 is 12.8 Å². The molecule has 1 N–H and O–H groups in total. The predicted molar refractivity (Wildman–Crippen MR) is 67.0 cm³/mol. The Balaban J connectivity index is 1.46. The molecular weight excluding hydrogens is 227 g/mol. The molecule has 0 spiro atoms. The molecule has 90 valence electrons. The van der Waals surface area contributed by atoms with Crippen molar-refractivity contribution in [2.24, 2.45) is 0 Å². The highest BCUT2D eigenvalue weighted by molar-refractivity contribution is 6.74. The number of hydrogen-bond acceptors (Lipinski definition) is 3. The fourth-order valence-corrected chi connectivity index (χ4v) is 2.76. The monoisotopic (exact) mass is 240 g/mol. The van der Waals surface area contributed by atoms with Crippen LogP contribution < -0.4 is 5.32 Å². The molecule has 1 heterocycles. The van der Waals surface area contributed by atoms with Crippen LogP contribution in [0.15, 0.2) is 30.3 Å². The van der Waals surface area contributed by atoms with Gasteiger partial charge in [-0.3, -0.25) is 0 Å². The van der Waals surface area contributed by atoms with Gasteiger partial charge in [0.25, 0.3) is 6.71 Å². The first-order valence-electron chi connectivity index (χ1n) is 6.12. The van der Waals surface area contributed by atoms with E-state index in [0.29, 0.717) is 5.82 Å². The van der Waals surface area contributed by atoms with E-state index in [2.05, 4.69) is 11.3 Å². The maximum Gasteiger partial charge on any atom is 0.407 e. The molecule has 1 aromatic carbocycles. The average Bonchev–Trinajstić information content (AvgIpc) is 2.95. The van der Waals surface area contributed by atoms with E-state index in [9.17, 15) is 4.79 Å². The van der Waals surface area contributed by atoms with Gasteiger partial charge in [0.2, 0.25) is 0 Å². The van der Waals surface area contributed by atoms with Crippen molar-refractivity contribution in [1.29, 1.82) is 5.26 Å². The van der Waals surface area contributed by atoms with Gasteiger partial charge in [-0.1, -0.05) is 30.3 Å². The fraction of sp³-hybridized carbons (Fsp3) is 0.385. The lowest BCUT2D eigenvalue weighted by atomic mass is 9.34. The molecule has 4 nitrogen and oxygen atoms in total. The Morgan fingerprint density at radius 2 is 2.33 bits per heavy atom. The third kappa shape index (κ3) is 1.84. The summed E-state index contributed by atoms with van der Waals surface area (Å²) in [6.45, 7) is 0.411. The summed E-state index contributed by atoms with van der Waals surface area (Å²) in [5, 5.41) is 11.7. The smallest absolute Gasteiger partial charge is 0.407 e. The van der Waals surface area contributed by atoms with Gasteiger partial charge in [0.15, 0.2) is 0 Å². The molecule has 2 aliphatic rings. The second-order valence-corrected chi connectivity index (χ2v) is 5.09. The summed E-state index contributed by atoms with van der Waals surface area (Å²) in [7, 11) is 0. The van der Waals surface area contributed by atoms with E-state index in [-0.39, 0.29) is 25.0 Å². The number of alkyl carbamates (subject to hydrolysis) is 1. The topological polar surface area (TPSA) is 62.1 Å². The zero-order valence-corrected chi connectivity index (χ0v) is 9.93. The SMILES string of the molecule is N#CB1CC2(NC(=O)OCc3ccccc3)CC12. The second kappa shape index (κ2) is 4.06. The molecule has 2 fully saturated rings. The Labute approximate surface area is 106 Å². The number of carbonyl (C=O) groups is 1. The molecule has 2 unspecified atom stereocenters. The van der Waals surface area contributed by atoms with E-state index in [1.807, 2.05) is 30.3 Å². The number of benzene rings is 1. The van der Waals surface area contributed by atoms with Gasteiger partial charge < -0.3 is 10.1 Å². The van der Waals surface area contributed by atoms with E-state index < -0.39 is 0 Å². The van der Waals surface area contributed by atoms with Crippen LogP contribution >= 0.6 is 0 Å². The van der Waals surface area contributed by atoms with Crippen molar-refractivity contribution in [3.8, 4) is 5.97 Å². The Morgan fingerprint density at radius 3 is 3.00 bits per heavy atom. The van der Waals surface area contributed by atoms with Crippen LogP contribution in [0.3, 0.4) is 0 Å². The zero-order valence-electron chi connectivity index (χ0n) is 9.93. The van der Waals surface area contributed by atoms with E-state index in [1.54, 1.807) is 0 Å². The van der Waals surface area contributed by atoms with Gasteiger partial charge in [0.1, 0.15) is 6.61 Å². The molecule has 0 bridgehead atoms. The van der Waals surface area contributed by atoms with Crippen LogP contribution in [0, 0.1) is 11.2 Å². The number of fused-ring (bicyclic) bond motifs is 1. The van der Waals surface area contributed by atoms with Crippen LogP contribution in [0.5, 0.6) is 0 Å². The average molecular weight is 240 g/mol. The van der Waals surface area contributed by atoms with Crippen LogP contribution in [0.4, 0.5) is 4.79 Å². The zero-order chi connectivity index (χ0) is 12.6. The number of nitriles is 1. The van der Waals surface area contributed by atoms with Crippen LogP contribution in [0.2, 0.25) is 12.1 Å². The summed E-state index contributed by atoms with van der Waals surface area (Å²) >= 11 is 0. The van der Waals surface area contributed by atoms with Crippen molar-refractivity contribution in [1.82, 2.24) is 5.32 Å². The first-order chi connectivity index (χ1) is 8.73. The molecule has 5 heteroatoms. The lowest BCUT2D eigenvalue weighted by Gasteiger charge is -2.28. The van der Waals surface area contributed by atoms with Crippen molar-refractivity contribution in [3.63, 3.8) is 0 Å². The summed E-state index contributed by atoms with van der Waals surface area (Å²) in [5.74, 6) is 2.61. The van der Waals surface area contributed by atoms with Gasteiger partial charge in [-0.2, -0.15) is 0 Å².